The van der Waals surface area contributed by atoms with Crippen LogP contribution < -0.4 is 4.90 Å². The highest BCUT2D eigenvalue weighted by Gasteiger charge is 2.20. The number of hydrogen-bond acceptors (Lipinski definition) is 2. The third-order valence-electron chi connectivity index (χ3n) is 3.81. The summed E-state index contributed by atoms with van der Waals surface area (Å²) in [6.07, 6.45) is 4.22. The quantitative estimate of drug-likeness (QED) is 0.780. The van der Waals surface area contributed by atoms with Crippen molar-refractivity contribution in [2.75, 3.05) is 31.1 Å². The van der Waals surface area contributed by atoms with Crippen LogP contribution in [0.1, 0.15) is 12.5 Å². The third-order valence-corrected chi connectivity index (χ3v) is 3.81. The second-order valence-corrected chi connectivity index (χ2v) is 5.20. The molecule has 1 aliphatic heterocycles. The summed E-state index contributed by atoms with van der Waals surface area (Å²) in [6.45, 7) is 7.21. The minimum absolute atomic E-state index is 0.178. The molecule has 0 N–H and O–H groups in total. The number of carbonyl (C=O) groups excluding carboxylic acids is 1. The van der Waals surface area contributed by atoms with Crippen LogP contribution in [0.4, 0.5) is 5.69 Å². The normalized spacial score (nSPS) is 16.1. The summed E-state index contributed by atoms with van der Waals surface area (Å²) in [5, 5.41) is 0. The highest BCUT2D eigenvalue weighted by molar-refractivity contribution is 5.76. The Balaban J connectivity index is 1.89. The largest absolute Gasteiger partial charge is 0.366 e. The molecule has 0 bridgehead atoms. The van der Waals surface area contributed by atoms with Gasteiger partial charge in [0, 0.05) is 45.5 Å². The Bertz CT molecular complexity index is 609. The van der Waals surface area contributed by atoms with Crippen molar-refractivity contribution in [1.29, 1.82) is 0 Å². The average molecular weight is 257 g/mol. The molecule has 3 heterocycles. The minimum atomic E-state index is 0.178. The molecular formula is C15H19N3O. The van der Waals surface area contributed by atoms with Crippen molar-refractivity contribution in [3.8, 4) is 0 Å². The lowest BCUT2D eigenvalue weighted by atomic mass is 10.2. The maximum absolute atomic E-state index is 11.4. The molecular weight excluding hydrogens is 238 g/mol. The van der Waals surface area contributed by atoms with Crippen LogP contribution in [-0.2, 0) is 4.79 Å². The van der Waals surface area contributed by atoms with Gasteiger partial charge in [-0.15, -0.1) is 0 Å². The predicted octanol–water partition coefficient (Wildman–Crippen LogP) is 1.92. The smallest absolute Gasteiger partial charge is 0.219 e. The van der Waals surface area contributed by atoms with Crippen LogP contribution in [0.15, 0.2) is 30.6 Å². The van der Waals surface area contributed by atoms with E-state index in [9.17, 15) is 4.79 Å². The molecule has 2 aromatic rings. The highest BCUT2D eigenvalue weighted by Crippen LogP contribution is 2.25. The monoisotopic (exact) mass is 257 g/mol. The van der Waals surface area contributed by atoms with Crippen LogP contribution in [0.5, 0.6) is 0 Å². The maximum Gasteiger partial charge on any atom is 0.219 e. The number of rotatable bonds is 1. The molecule has 100 valence electrons. The zero-order chi connectivity index (χ0) is 13.4. The van der Waals surface area contributed by atoms with E-state index in [1.807, 2.05) is 4.90 Å². The third kappa shape index (κ3) is 2.18. The number of pyridine rings is 1. The Morgan fingerprint density at radius 2 is 1.95 bits per heavy atom. The van der Waals surface area contributed by atoms with Crippen LogP contribution in [0.2, 0.25) is 0 Å². The number of aryl methyl sites for hydroxylation is 1. The van der Waals surface area contributed by atoms with Crippen LogP contribution >= 0.6 is 0 Å². The van der Waals surface area contributed by atoms with Gasteiger partial charge in [0.25, 0.3) is 0 Å². The Labute approximate surface area is 113 Å². The molecule has 3 rings (SSSR count). The van der Waals surface area contributed by atoms with Gasteiger partial charge in [0.2, 0.25) is 5.91 Å². The molecule has 0 spiro atoms. The highest BCUT2D eigenvalue weighted by atomic mass is 16.2. The Hall–Kier alpha value is -1.97. The molecule has 0 atom stereocenters. The molecule has 0 aliphatic carbocycles. The molecule has 4 nitrogen and oxygen atoms in total. The molecule has 0 aromatic carbocycles. The lowest BCUT2D eigenvalue weighted by molar-refractivity contribution is -0.129. The lowest BCUT2D eigenvalue weighted by Gasteiger charge is -2.36. The number of amides is 1. The van der Waals surface area contributed by atoms with E-state index in [4.69, 9.17) is 0 Å². The van der Waals surface area contributed by atoms with Crippen LogP contribution in [0.3, 0.4) is 0 Å². The summed E-state index contributed by atoms with van der Waals surface area (Å²) in [6, 6.07) is 6.45. The van der Waals surface area contributed by atoms with Gasteiger partial charge in [0.15, 0.2) is 0 Å². The maximum atomic E-state index is 11.4. The summed E-state index contributed by atoms with van der Waals surface area (Å²) in [5.41, 5.74) is 3.77. The Morgan fingerprint density at radius 1 is 1.21 bits per heavy atom. The standard InChI is InChI=1S/C15H19N3O/c1-12-10-15(14-4-3-5-18(14)11-12)17-8-6-16(7-9-17)13(2)19/h3-5,10-11H,6-9H2,1-2H3. The predicted molar refractivity (Wildman–Crippen MR) is 76.6 cm³/mol. The number of piperazine rings is 1. The van der Waals surface area contributed by atoms with Crippen molar-refractivity contribution in [2.45, 2.75) is 13.8 Å². The van der Waals surface area contributed by atoms with E-state index in [1.165, 1.54) is 16.8 Å². The number of fused-ring (bicyclic) bond motifs is 1. The number of carbonyl (C=O) groups is 1. The Kier molecular flexibility index (Phi) is 2.93. The molecule has 4 heteroatoms. The van der Waals surface area contributed by atoms with E-state index in [2.05, 4.69) is 46.8 Å². The first kappa shape index (κ1) is 12.1. The van der Waals surface area contributed by atoms with Gasteiger partial charge < -0.3 is 14.2 Å². The summed E-state index contributed by atoms with van der Waals surface area (Å²) in [7, 11) is 0. The zero-order valence-electron chi connectivity index (χ0n) is 11.5. The molecule has 1 amide bonds. The van der Waals surface area contributed by atoms with Gasteiger partial charge in [-0.05, 0) is 30.7 Å². The van der Waals surface area contributed by atoms with Crippen LogP contribution in [-0.4, -0.2) is 41.4 Å². The van der Waals surface area contributed by atoms with Crippen LogP contribution in [0, 0.1) is 6.92 Å². The van der Waals surface area contributed by atoms with Gasteiger partial charge in [-0.25, -0.2) is 0 Å². The fourth-order valence-corrected chi connectivity index (χ4v) is 2.79. The summed E-state index contributed by atoms with van der Waals surface area (Å²) in [4.78, 5) is 15.7. The van der Waals surface area contributed by atoms with Crippen molar-refractivity contribution in [3.63, 3.8) is 0 Å². The number of anilines is 1. The van der Waals surface area contributed by atoms with E-state index >= 15 is 0 Å². The van der Waals surface area contributed by atoms with Crippen molar-refractivity contribution in [3.05, 3.63) is 36.2 Å². The number of nitrogens with zero attached hydrogens (tertiary/aromatic N) is 3. The fraction of sp³-hybridized carbons (Fsp3) is 0.400. The van der Waals surface area contributed by atoms with Crippen molar-refractivity contribution in [2.24, 2.45) is 0 Å². The minimum Gasteiger partial charge on any atom is -0.366 e. The zero-order valence-corrected chi connectivity index (χ0v) is 11.5. The molecule has 0 saturated carbocycles. The van der Waals surface area contributed by atoms with E-state index in [1.54, 1.807) is 6.92 Å². The van der Waals surface area contributed by atoms with Gasteiger partial charge in [-0.1, -0.05) is 0 Å². The molecule has 0 radical (unpaired) electrons. The van der Waals surface area contributed by atoms with E-state index in [-0.39, 0.29) is 5.91 Å². The van der Waals surface area contributed by atoms with Gasteiger partial charge in [-0.2, -0.15) is 0 Å². The van der Waals surface area contributed by atoms with Gasteiger partial charge in [-0.3, -0.25) is 4.79 Å². The fourth-order valence-electron chi connectivity index (χ4n) is 2.79. The van der Waals surface area contributed by atoms with Gasteiger partial charge >= 0.3 is 0 Å². The van der Waals surface area contributed by atoms with Crippen molar-refractivity contribution in [1.82, 2.24) is 9.30 Å². The summed E-state index contributed by atoms with van der Waals surface area (Å²) in [5.74, 6) is 0.178. The second kappa shape index (κ2) is 4.61. The molecule has 19 heavy (non-hydrogen) atoms. The molecule has 1 aliphatic rings. The first-order valence-electron chi connectivity index (χ1n) is 6.73. The average Bonchev–Trinajstić information content (AvgIpc) is 2.85. The Morgan fingerprint density at radius 3 is 2.63 bits per heavy atom. The SMILES string of the molecule is CC(=O)N1CCN(c2cc(C)cn3cccc23)CC1. The van der Waals surface area contributed by atoms with E-state index in [0.717, 1.165) is 26.2 Å². The number of hydrogen-bond donors (Lipinski definition) is 0. The topological polar surface area (TPSA) is 28.0 Å². The molecule has 1 saturated heterocycles. The van der Waals surface area contributed by atoms with Gasteiger partial charge in [0.05, 0.1) is 11.2 Å². The molecule has 1 fully saturated rings. The summed E-state index contributed by atoms with van der Waals surface area (Å²) >= 11 is 0. The van der Waals surface area contributed by atoms with E-state index < -0.39 is 0 Å². The van der Waals surface area contributed by atoms with Gasteiger partial charge in [0.1, 0.15) is 0 Å². The number of aromatic nitrogens is 1. The lowest BCUT2D eigenvalue weighted by Crippen LogP contribution is -2.48. The summed E-state index contributed by atoms with van der Waals surface area (Å²) < 4.78 is 2.17. The molecule has 0 unspecified atom stereocenters. The van der Waals surface area contributed by atoms with E-state index in [0.29, 0.717) is 0 Å². The van der Waals surface area contributed by atoms with Crippen molar-refractivity contribution < 1.29 is 4.79 Å². The second-order valence-electron chi connectivity index (χ2n) is 5.20. The van der Waals surface area contributed by atoms with Crippen LogP contribution in [0.25, 0.3) is 5.52 Å². The first-order valence-corrected chi connectivity index (χ1v) is 6.73. The first-order chi connectivity index (χ1) is 9.15. The van der Waals surface area contributed by atoms with Crippen molar-refractivity contribution >= 4 is 17.1 Å². The molecule has 2 aromatic heterocycles.